The van der Waals surface area contributed by atoms with Crippen LogP contribution in [-0.4, -0.2) is 35.4 Å². The predicted octanol–water partition coefficient (Wildman–Crippen LogP) is 0.649. The Morgan fingerprint density at radius 3 is 3.00 bits per heavy atom. The lowest BCUT2D eigenvalue weighted by Gasteiger charge is -2.09. The molecule has 2 heterocycles. The van der Waals surface area contributed by atoms with Crippen molar-refractivity contribution in [3.8, 4) is 0 Å². The molecule has 0 bridgehead atoms. The molecule has 1 fully saturated rings. The third-order valence-corrected chi connectivity index (χ3v) is 2.33. The van der Waals surface area contributed by atoms with E-state index in [4.69, 9.17) is 16.3 Å². The van der Waals surface area contributed by atoms with Gasteiger partial charge in [-0.1, -0.05) is 11.6 Å². The van der Waals surface area contributed by atoms with Crippen LogP contribution in [0.15, 0.2) is 12.1 Å². The number of hydrogen-bond donors (Lipinski definition) is 1. The van der Waals surface area contributed by atoms with Crippen molar-refractivity contribution in [2.45, 2.75) is 12.5 Å². The highest BCUT2D eigenvalue weighted by atomic mass is 35.5. The second kappa shape index (κ2) is 4.55. The number of aromatic nitrogens is 2. The molecule has 0 saturated carbocycles. The molecule has 6 heteroatoms. The van der Waals surface area contributed by atoms with Crippen LogP contribution < -0.4 is 5.32 Å². The number of rotatable bonds is 2. The second-order valence-corrected chi connectivity index (χ2v) is 3.66. The van der Waals surface area contributed by atoms with Crippen LogP contribution in [0.2, 0.25) is 5.15 Å². The Kier molecular flexibility index (Phi) is 3.13. The Bertz CT molecular complexity index is 349. The molecule has 1 aromatic heterocycles. The molecule has 1 amide bonds. The van der Waals surface area contributed by atoms with E-state index in [2.05, 4.69) is 15.5 Å². The summed E-state index contributed by atoms with van der Waals surface area (Å²) in [6, 6.07) is 3.16. The molecule has 1 N–H and O–H groups in total. The molecule has 0 unspecified atom stereocenters. The molecule has 15 heavy (non-hydrogen) atoms. The molecule has 1 saturated heterocycles. The number of nitrogens with one attached hydrogen (secondary N) is 1. The summed E-state index contributed by atoms with van der Waals surface area (Å²) < 4.78 is 5.14. The SMILES string of the molecule is O=C(N[C@H]1CCOC1)c1ccc(Cl)nn1. The summed E-state index contributed by atoms with van der Waals surface area (Å²) in [6.07, 6.45) is 0.840. The highest BCUT2D eigenvalue weighted by molar-refractivity contribution is 6.29. The largest absolute Gasteiger partial charge is 0.379 e. The van der Waals surface area contributed by atoms with E-state index in [1.54, 1.807) is 6.07 Å². The van der Waals surface area contributed by atoms with Gasteiger partial charge >= 0.3 is 0 Å². The first kappa shape index (κ1) is 10.3. The second-order valence-electron chi connectivity index (χ2n) is 3.28. The third-order valence-electron chi connectivity index (χ3n) is 2.13. The standard InChI is InChI=1S/C9H10ClN3O2/c10-8-2-1-7(12-13-8)9(14)11-6-3-4-15-5-6/h1-2,6H,3-5H2,(H,11,14)/t6-/m0/s1. The third kappa shape index (κ3) is 2.64. The molecule has 0 radical (unpaired) electrons. The van der Waals surface area contributed by atoms with Gasteiger partial charge in [0.2, 0.25) is 0 Å². The zero-order valence-electron chi connectivity index (χ0n) is 7.94. The van der Waals surface area contributed by atoms with E-state index in [-0.39, 0.29) is 22.8 Å². The Morgan fingerprint density at radius 1 is 1.53 bits per heavy atom. The minimum Gasteiger partial charge on any atom is -0.379 e. The number of ether oxygens (including phenoxy) is 1. The van der Waals surface area contributed by atoms with E-state index < -0.39 is 0 Å². The van der Waals surface area contributed by atoms with E-state index in [1.165, 1.54) is 6.07 Å². The van der Waals surface area contributed by atoms with Gasteiger partial charge in [0.25, 0.3) is 5.91 Å². The average molecular weight is 228 g/mol. The number of halogens is 1. The van der Waals surface area contributed by atoms with Crippen molar-refractivity contribution in [3.63, 3.8) is 0 Å². The van der Waals surface area contributed by atoms with Crippen molar-refractivity contribution in [1.29, 1.82) is 0 Å². The molecular formula is C9H10ClN3O2. The number of amides is 1. The summed E-state index contributed by atoms with van der Waals surface area (Å²) in [4.78, 5) is 11.6. The van der Waals surface area contributed by atoms with Gasteiger partial charge in [0.1, 0.15) is 0 Å². The summed E-state index contributed by atoms with van der Waals surface area (Å²) in [6.45, 7) is 1.25. The number of carbonyl (C=O) groups is 1. The van der Waals surface area contributed by atoms with E-state index >= 15 is 0 Å². The smallest absolute Gasteiger partial charge is 0.272 e. The lowest BCUT2D eigenvalue weighted by molar-refractivity contribution is 0.0924. The van der Waals surface area contributed by atoms with E-state index in [0.29, 0.717) is 13.2 Å². The van der Waals surface area contributed by atoms with Crippen LogP contribution >= 0.6 is 11.6 Å². The Balaban J connectivity index is 1.98. The summed E-state index contributed by atoms with van der Waals surface area (Å²) in [7, 11) is 0. The molecule has 1 aliphatic heterocycles. The van der Waals surface area contributed by atoms with Crippen LogP contribution in [-0.2, 0) is 4.74 Å². The van der Waals surface area contributed by atoms with Gasteiger partial charge in [0.15, 0.2) is 10.8 Å². The van der Waals surface area contributed by atoms with Gasteiger partial charge in [-0.2, -0.15) is 0 Å². The lowest BCUT2D eigenvalue weighted by atomic mass is 10.2. The maximum atomic E-state index is 11.6. The van der Waals surface area contributed by atoms with Gasteiger partial charge in [-0.25, -0.2) is 0 Å². The quantitative estimate of drug-likeness (QED) is 0.806. The Morgan fingerprint density at radius 2 is 2.40 bits per heavy atom. The summed E-state index contributed by atoms with van der Waals surface area (Å²) >= 11 is 5.56. The van der Waals surface area contributed by atoms with Crippen LogP contribution in [0.5, 0.6) is 0 Å². The van der Waals surface area contributed by atoms with Gasteiger partial charge in [-0.15, -0.1) is 10.2 Å². The van der Waals surface area contributed by atoms with Gasteiger partial charge in [0.05, 0.1) is 12.6 Å². The van der Waals surface area contributed by atoms with Crippen LogP contribution in [0.4, 0.5) is 0 Å². The van der Waals surface area contributed by atoms with Crippen LogP contribution in [0.1, 0.15) is 16.9 Å². The first-order valence-electron chi connectivity index (χ1n) is 4.63. The van der Waals surface area contributed by atoms with Crippen molar-refractivity contribution in [3.05, 3.63) is 23.0 Å². The minimum absolute atomic E-state index is 0.0787. The fraction of sp³-hybridized carbons (Fsp3) is 0.444. The van der Waals surface area contributed by atoms with Crippen molar-refractivity contribution < 1.29 is 9.53 Å². The van der Waals surface area contributed by atoms with E-state index in [9.17, 15) is 4.79 Å². The zero-order chi connectivity index (χ0) is 10.7. The minimum atomic E-state index is -0.241. The Hall–Kier alpha value is -1.20. The van der Waals surface area contributed by atoms with E-state index in [1.807, 2.05) is 0 Å². The summed E-state index contributed by atoms with van der Waals surface area (Å²) in [5, 5.41) is 10.4. The Labute approximate surface area is 91.8 Å². The molecule has 80 valence electrons. The van der Waals surface area contributed by atoms with Crippen molar-refractivity contribution in [2.24, 2.45) is 0 Å². The monoisotopic (exact) mass is 227 g/mol. The van der Waals surface area contributed by atoms with Crippen LogP contribution in [0, 0.1) is 0 Å². The van der Waals surface area contributed by atoms with Crippen LogP contribution in [0.25, 0.3) is 0 Å². The highest BCUT2D eigenvalue weighted by Crippen LogP contribution is 2.06. The number of hydrogen-bond acceptors (Lipinski definition) is 4. The first-order valence-corrected chi connectivity index (χ1v) is 5.01. The maximum absolute atomic E-state index is 11.6. The average Bonchev–Trinajstić information content (AvgIpc) is 2.71. The topological polar surface area (TPSA) is 64.1 Å². The fourth-order valence-corrected chi connectivity index (χ4v) is 1.45. The lowest BCUT2D eigenvalue weighted by Crippen LogP contribution is -2.35. The molecule has 0 aliphatic carbocycles. The number of nitrogens with zero attached hydrogens (tertiary/aromatic N) is 2. The summed E-state index contributed by atoms with van der Waals surface area (Å²) in [5.41, 5.74) is 0.270. The zero-order valence-corrected chi connectivity index (χ0v) is 8.70. The van der Waals surface area contributed by atoms with E-state index in [0.717, 1.165) is 6.42 Å². The molecule has 1 atom stereocenters. The van der Waals surface area contributed by atoms with Gasteiger partial charge in [-0.05, 0) is 18.6 Å². The fourth-order valence-electron chi connectivity index (χ4n) is 1.34. The molecule has 2 rings (SSSR count). The molecule has 1 aromatic rings. The van der Waals surface area contributed by atoms with Crippen molar-refractivity contribution in [1.82, 2.24) is 15.5 Å². The van der Waals surface area contributed by atoms with Gasteiger partial charge in [-0.3, -0.25) is 4.79 Å². The summed E-state index contributed by atoms with van der Waals surface area (Å²) in [5.74, 6) is -0.241. The number of carbonyl (C=O) groups excluding carboxylic acids is 1. The molecule has 0 spiro atoms. The van der Waals surface area contributed by atoms with Crippen molar-refractivity contribution >= 4 is 17.5 Å². The predicted molar refractivity (Wildman–Crippen MR) is 53.7 cm³/mol. The van der Waals surface area contributed by atoms with Gasteiger partial charge < -0.3 is 10.1 Å². The molecule has 0 aromatic carbocycles. The first-order chi connectivity index (χ1) is 7.25. The maximum Gasteiger partial charge on any atom is 0.272 e. The molecular weight excluding hydrogens is 218 g/mol. The highest BCUT2D eigenvalue weighted by Gasteiger charge is 2.19. The molecule has 1 aliphatic rings. The molecule has 5 nitrogen and oxygen atoms in total. The normalized spacial score (nSPS) is 20.2. The van der Waals surface area contributed by atoms with Crippen LogP contribution in [0.3, 0.4) is 0 Å². The van der Waals surface area contributed by atoms with Gasteiger partial charge in [0, 0.05) is 6.61 Å². The van der Waals surface area contributed by atoms with Crippen molar-refractivity contribution in [2.75, 3.05) is 13.2 Å².